The maximum absolute atomic E-state index is 10.2. The van der Waals surface area contributed by atoms with E-state index in [0.717, 1.165) is 22.4 Å². The zero-order chi connectivity index (χ0) is 11.0. The van der Waals surface area contributed by atoms with E-state index in [9.17, 15) is 5.11 Å². The third-order valence-corrected chi connectivity index (χ3v) is 2.87. The van der Waals surface area contributed by atoms with Gasteiger partial charge in [0, 0.05) is 11.4 Å². The molecule has 0 radical (unpaired) electrons. The molecule has 2 aromatic rings. The summed E-state index contributed by atoms with van der Waals surface area (Å²) in [6.45, 7) is 0. The number of aliphatic hydroxyl groups is 1. The van der Waals surface area contributed by atoms with Crippen molar-refractivity contribution >= 4 is 11.8 Å². The molecule has 3 rings (SSSR count). The fourth-order valence-electron chi connectivity index (χ4n) is 2.05. The van der Waals surface area contributed by atoms with Crippen molar-refractivity contribution in [2.75, 3.05) is 0 Å². The van der Waals surface area contributed by atoms with Crippen LogP contribution in [0.15, 0.2) is 42.6 Å². The van der Waals surface area contributed by atoms with Gasteiger partial charge in [-0.15, -0.1) is 0 Å². The van der Waals surface area contributed by atoms with Gasteiger partial charge < -0.3 is 5.11 Å². The molecule has 0 saturated carbocycles. The van der Waals surface area contributed by atoms with Crippen molar-refractivity contribution in [3.63, 3.8) is 0 Å². The fraction of sp³-hybridized carbons (Fsp3) is 0.0714. The van der Waals surface area contributed by atoms with Crippen molar-refractivity contribution in [2.45, 2.75) is 6.42 Å². The quantitative estimate of drug-likeness (QED) is 0.705. The van der Waals surface area contributed by atoms with Gasteiger partial charge in [0.15, 0.2) is 0 Å². The third-order valence-electron chi connectivity index (χ3n) is 2.87. The van der Waals surface area contributed by atoms with Crippen LogP contribution >= 0.6 is 0 Å². The Morgan fingerprint density at radius 2 is 1.94 bits per heavy atom. The number of fused-ring (bicyclic) bond motifs is 2. The maximum Gasteiger partial charge on any atom is 0.149 e. The van der Waals surface area contributed by atoms with E-state index in [1.165, 1.54) is 0 Å². The summed E-state index contributed by atoms with van der Waals surface area (Å²) in [6, 6.07) is 11.7. The van der Waals surface area contributed by atoms with Gasteiger partial charge in [0.25, 0.3) is 0 Å². The fourth-order valence-corrected chi connectivity index (χ4v) is 2.05. The second-order valence-electron chi connectivity index (χ2n) is 3.86. The summed E-state index contributed by atoms with van der Waals surface area (Å²) in [7, 11) is 0. The Bertz CT molecular complexity index is 658. The number of rotatable bonds is 0. The van der Waals surface area contributed by atoms with Crippen molar-refractivity contribution in [2.24, 2.45) is 0 Å². The molecular formula is C14H11NO. The molecule has 0 amide bonds. The third kappa shape index (κ3) is 1.31. The molecule has 78 valence electrons. The van der Waals surface area contributed by atoms with E-state index >= 15 is 0 Å². The lowest BCUT2D eigenvalue weighted by atomic mass is 10.1. The Hall–Kier alpha value is -2.09. The van der Waals surface area contributed by atoms with Crippen LogP contribution in [-0.4, -0.2) is 10.1 Å². The predicted octanol–water partition coefficient (Wildman–Crippen LogP) is 1.13. The van der Waals surface area contributed by atoms with Crippen LogP contribution in [0.3, 0.4) is 0 Å². The normalized spacial score (nSPS) is 13.4. The molecular weight excluding hydrogens is 198 g/mol. The van der Waals surface area contributed by atoms with E-state index in [2.05, 4.69) is 11.1 Å². The summed E-state index contributed by atoms with van der Waals surface area (Å²) in [4.78, 5) is 4.25. The predicted molar refractivity (Wildman–Crippen MR) is 63.2 cm³/mol. The van der Waals surface area contributed by atoms with E-state index in [-0.39, 0.29) is 5.76 Å². The molecule has 0 unspecified atom stereocenters. The van der Waals surface area contributed by atoms with Crippen molar-refractivity contribution < 1.29 is 5.11 Å². The first-order chi connectivity index (χ1) is 7.86. The summed E-state index contributed by atoms with van der Waals surface area (Å²) < 4.78 is 0. The standard InChI is InChI=1S/C14H11NO/c16-14-12-6-2-1-4-10(12)7-8-11-5-3-9-15-13(11)14/h1-7,9,16H,8H2. The van der Waals surface area contributed by atoms with E-state index < -0.39 is 0 Å². The Morgan fingerprint density at radius 1 is 1.06 bits per heavy atom. The molecule has 1 aliphatic rings. The van der Waals surface area contributed by atoms with E-state index in [1.807, 2.05) is 36.4 Å². The molecule has 0 aliphatic heterocycles. The average Bonchev–Trinajstić information content (AvgIpc) is 2.49. The molecule has 0 spiro atoms. The van der Waals surface area contributed by atoms with E-state index in [4.69, 9.17) is 0 Å². The minimum absolute atomic E-state index is 0.278. The van der Waals surface area contributed by atoms with Crippen LogP contribution in [0.1, 0.15) is 11.3 Å². The van der Waals surface area contributed by atoms with E-state index in [0.29, 0.717) is 5.69 Å². The van der Waals surface area contributed by atoms with Gasteiger partial charge in [-0.05, 0) is 23.3 Å². The molecule has 2 nitrogen and oxygen atoms in total. The molecule has 2 heteroatoms. The molecule has 0 atom stereocenters. The lowest BCUT2D eigenvalue weighted by Gasteiger charge is -2.03. The van der Waals surface area contributed by atoms with Gasteiger partial charge in [0.2, 0.25) is 0 Å². The van der Waals surface area contributed by atoms with Crippen LogP contribution in [0.5, 0.6) is 0 Å². The average molecular weight is 209 g/mol. The second kappa shape index (κ2) is 3.49. The van der Waals surface area contributed by atoms with Crippen molar-refractivity contribution in [3.05, 3.63) is 64.3 Å². The smallest absolute Gasteiger partial charge is 0.149 e. The summed E-state index contributed by atoms with van der Waals surface area (Å²) in [5.74, 6) is 0.278. The minimum atomic E-state index is 0.278. The van der Waals surface area contributed by atoms with Crippen LogP contribution in [-0.2, 0) is 6.42 Å². The maximum atomic E-state index is 10.2. The first kappa shape index (κ1) is 9.16. The number of hydrogen-bond acceptors (Lipinski definition) is 2. The second-order valence-corrected chi connectivity index (χ2v) is 3.86. The monoisotopic (exact) mass is 209 g/mol. The Balaban J connectivity index is 2.45. The number of benzene rings is 1. The highest BCUT2D eigenvalue weighted by Gasteiger charge is 2.10. The Morgan fingerprint density at radius 3 is 2.88 bits per heavy atom. The number of pyridine rings is 1. The highest BCUT2D eigenvalue weighted by molar-refractivity contribution is 5.61. The number of nitrogens with zero attached hydrogens (tertiary/aromatic N) is 1. The molecule has 0 fully saturated rings. The number of aliphatic hydroxyl groups excluding tert-OH is 1. The van der Waals surface area contributed by atoms with Crippen molar-refractivity contribution in [3.8, 4) is 0 Å². The molecule has 1 aromatic heterocycles. The van der Waals surface area contributed by atoms with Crippen LogP contribution < -0.4 is 10.4 Å². The largest absolute Gasteiger partial charge is 0.505 e. The molecule has 1 aliphatic carbocycles. The summed E-state index contributed by atoms with van der Waals surface area (Å²) in [6.07, 6.45) is 4.65. The van der Waals surface area contributed by atoms with Gasteiger partial charge in [-0.1, -0.05) is 36.4 Å². The highest BCUT2D eigenvalue weighted by atomic mass is 16.3. The van der Waals surface area contributed by atoms with Crippen LogP contribution in [0.25, 0.3) is 11.8 Å². The van der Waals surface area contributed by atoms with Gasteiger partial charge in [0.1, 0.15) is 11.5 Å². The van der Waals surface area contributed by atoms with Crippen molar-refractivity contribution in [1.82, 2.24) is 4.98 Å². The molecule has 1 aromatic carbocycles. The first-order valence-electron chi connectivity index (χ1n) is 5.29. The summed E-state index contributed by atoms with van der Waals surface area (Å²) >= 11 is 0. The van der Waals surface area contributed by atoms with Gasteiger partial charge in [-0.3, -0.25) is 4.98 Å². The number of hydrogen-bond donors (Lipinski definition) is 1. The topological polar surface area (TPSA) is 33.1 Å². The van der Waals surface area contributed by atoms with Gasteiger partial charge >= 0.3 is 0 Å². The lowest BCUT2D eigenvalue weighted by Crippen LogP contribution is -2.26. The van der Waals surface area contributed by atoms with Crippen LogP contribution in [0.4, 0.5) is 0 Å². The van der Waals surface area contributed by atoms with Crippen molar-refractivity contribution in [1.29, 1.82) is 0 Å². The summed E-state index contributed by atoms with van der Waals surface area (Å²) in [5, 5.41) is 12.2. The Labute approximate surface area is 93.2 Å². The van der Waals surface area contributed by atoms with Crippen LogP contribution in [0.2, 0.25) is 0 Å². The molecule has 16 heavy (non-hydrogen) atoms. The number of aromatic nitrogens is 1. The van der Waals surface area contributed by atoms with Gasteiger partial charge in [-0.25, -0.2) is 0 Å². The molecule has 0 bridgehead atoms. The molecule has 1 heterocycles. The molecule has 1 N–H and O–H groups in total. The van der Waals surface area contributed by atoms with Crippen LogP contribution in [0, 0.1) is 0 Å². The zero-order valence-electron chi connectivity index (χ0n) is 8.72. The SMILES string of the molecule is OC1=c2ccccc2=CCc2cccnc21. The summed E-state index contributed by atoms with van der Waals surface area (Å²) in [5.41, 5.74) is 1.76. The first-order valence-corrected chi connectivity index (χ1v) is 5.29. The minimum Gasteiger partial charge on any atom is -0.505 e. The van der Waals surface area contributed by atoms with Gasteiger partial charge in [0.05, 0.1) is 0 Å². The zero-order valence-corrected chi connectivity index (χ0v) is 8.72. The lowest BCUT2D eigenvalue weighted by molar-refractivity contribution is 0.503. The van der Waals surface area contributed by atoms with Gasteiger partial charge in [-0.2, -0.15) is 0 Å². The highest BCUT2D eigenvalue weighted by Crippen LogP contribution is 2.13. The van der Waals surface area contributed by atoms with E-state index in [1.54, 1.807) is 6.20 Å². The molecule has 0 saturated heterocycles. The Kier molecular flexibility index (Phi) is 2.00.